The van der Waals surface area contributed by atoms with Gasteiger partial charge >= 0.3 is 51.4 Å². The Labute approximate surface area is 289 Å². The monoisotopic (exact) mass is 588 g/mol. The standard InChI is InChI=1S/C12H15FN.C12H23N3.C4H10.C2H6.C2H2.CH3F.K/c1-12(2)6-8-3-4-9(13)5-10(8)11(14)7-12;1-4-6-11(5-2)14-12(13)15(3)9-10-7-8-10;1-3-4-2;3*1-2;/h3-5,11,14H,6-7H2,1-2H3;4,10-11H,1,5-9H2,2-3H3,(H2,13,14);3-4H2,1-2H3;1-2H3;1-2H;1H3;/q-1;;;;;;+1. The number of guanidine groups is 1. The fourth-order valence-electron chi connectivity index (χ4n) is 3.87. The quantitative estimate of drug-likeness (QED) is 0.129. The Morgan fingerprint density at radius 2 is 1.73 bits per heavy atom. The van der Waals surface area contributed by atoms with Gasteiger partial charge < -0.3 is 16.4 Å². The number of benzene rings is 1. The van der Waals surface area contributed by atoms with Gasteiger partial charge in [-0.15, -0.1) is 25.5 Å². The zero-order chi connectivity index (χ0) is 31.0. The zero-order valence-corrected chi connectivity index (χ0v) is 30.6. The molecule has 1 saturated carbocycles. The predicted octanol–water partition coefficient (Wildman–Crippen LogP) is 6.56. The second-order valence-electron chi connectivity index (χ2n) is 10.3. The number of terminal acetylenes is 1. The third-order valence-electron chi connectivity index (χ3n) is 6.25. The van der Waals surface area contributed by atoms with Crippen LogP contribution in [0.5, 0.6) is 0 Å². The Bertz CT molecular complexity index is 790. The smallest absolute Gasteiger partial charge is 0.671 e. The summed E-state index contributed by atoms with van der Waals surface area (Å²) in [5.41, 5.74) is 16.1. The van der Waals surface area contributed by atoms with Crippen molar-refractivity contribution in [1.82, 2.24) is 4.90 Å². The van der Waals surface area contributed by atoms with Crippen LogP contribution in [0.25, 0.3) is 5.73 Å². The number of aliphatic imine (C=N–C) groups is 1. The number of unbranched alkanes of at least 4 members (excludes halogenated alkanes) is 1. The maximum absolute atomic E-state index is 13.0. The number of alkyl halides is 1. The molecule has 4 nitrogen and oxygen atoms in total. The molecule has 2 aliphatic carbocycles. The molecule has 7 heteroatoms. The van der Waals surface area contributed by atoms with Crippen molar-refractivity contribution in [3.8, 4) is 12.8 Å². The zero-order valence-electron chi connectivity index (χ0n) is 27.5. The third-order valence-corrected chi connectivity index (χ3v) is 6.25. The number of halogens is 2. The van der Waals surface area contributed by atoms with E-state index >= 15 is 0 Å². The van der Waals surface area contributed by atoms with Crippen LogP contribution < -0.4 is 57.1 Å². The molecule has 0 saturated heterocycles. The van der Waals surface area contributed by atoms with Crippen LogP contribution in [0.4, 0.5) is 8.78 Å². The predicted molar refractivity (Wildman–Crippen MR) is 170 cm³/mol. The van der Waals surface area contributed by atoms with Crippen LogP contribution in [0.2, 0.25) is 0 Å². The van der Waals surface area contributed by atoms with Gasteiger partial charge in [0.2, 0.25) is 0 Å². The molecule has 0 aliphatic heterocycles. The molecule has 2 atom stereocenters. The summed E-state index contributed by atoms with van der Waals surface area (Å²) in [7, 11) is 2.53. The van der Waals surface area contributed by atoms with Crippen molar-refractivity contribution in [1.29, 1.82) is 0 Å². The molecule has 0 heterocycles. The van der Waals surface area contributed by atoms with Crippen LogP contribution >= 0.6 is 0 Å². The van der Waals surface area contributed by atoms with Crippen LogP contribution in [-0.2, 0) is 6.42 Å². The summed E-state index contributed by atoms with van der Waals surface area (Å²) in [6.45, 7) is 19.6. The van der Waals surface area contributed by atoms with Gasteiger partial charge in [0.05, 0.1) is 13.2 Å². The summed E-state index contributed by atoms with van der Waals surface area (Å²) in [4.78, 5) is 6.59. The fraction of sp³-hybridized carbons (Fsp3) is 0.667. The third kappa shape index (κ3) is 21.9. The van der Waals surface area contributed by atoms with Crippen molar-refractivity contribution in [2.45, 2.75) is 112 Å². The molecule has 2 unspecified atom stereocenters. The normalized spacial score (nSPS) is 16.6. The number of nitrogens with one attached hydrogen (secondary N) is 1. The van der Waals surface area contributed by atoms with Crippen molar-refractivity contribution < 1.29 is 60.2 Å². The average molecular weight is 589 g/mol. The van der Waals surface area contributed by atoms with Crippen molar-refractivity contribution in [2.75, 3.05) is 20.8 Å². The SMILES string of the molecule is C#C.C=CCC(CC)N=C(N)N(C)CC1CC1.CC.CC1(C)Cc2ccc(F)cc2C([NH-])C1.CCCC.CF.[K+]. The average Bonchev–Trinajstić information content (AvgIpc) is 3.76. The second-order valence-corrected chi connectivity index (χ2v) is 10.3. The molecule has 0 aromatic heterocycles. The van der Waals surface area contributed by atoms with Crippen molar-refractivity contribution >= 4 is 5.96 Å². The first kappa shape index (κ1) is 46.2. The molecule has 1 fully saturated rings. The van der Waals surface area contributed by atoms with Gasteiger partial charge in [0, 0.05) is 13.6 Å². The number of fused-ring (bicyclic) bond motifs is 1. The number of hydrogen-bond donors (Lipinski definition) is 1. The molecule has 40 heavy (non-hydrogen) atoms. The van der Waals surface area contributed by atoms with Crippen LogP contribution in [-0.4, -0.2) is 37.7 Å². The number of rotatable bonds is 7. The molecule has 0 amide bonds. The Morgan fingerprint density at radius 1 is 1.20 bits per heavy atom. The summed E-state index contributed by atoms with van der Waals surface area (Å²) in [5.74, 6) is 1.31. The summed E-state index contributed by atoms with van der Waals surface area (Å²) < 4.78 is 22.5. The van der Waals surface area contributed by atoms with Crippen LogP contribution in [0, 0.1) is 30.0 Å². The van der Waals surface area contributed by atoms with E-state index in [0.29, 0.717) is 19.2 Å². The topological polar surface area (TPSA) is 65.4 Å². The van der Waals surface area contributed by atoms with Gasteiger partial charge in [-0.1, -0.05) is 85.4 Å². The van der Waals surface area contributed by atoms with E-state index in [2.05, 4.69) is 63.9 Å². The van der Waals surface area contributed by atoms with Crippen molar-refractivity contribution in [3.05, 3.63) is 53.5 Å². The Balaban J connectivity index is -0.000000241. The summed E-state index contributed by atoms with van der Waals surface area (Å²) in [6, 6.07) is 4.87. The molecular weight excluding hydrogens is 529 g/mol. The minimum Gasteiger partial charge on any atom is -0.671 e. The maximum Gasteiger partial charge on any atom is 1.00 e. The Morgan fingerprint density at radius 3 is 2.15 bits per heavy atom. The van der Waals surface area contributed by atoms with Gasteiger partial charge in [0.15, 0.2) is 5.96 Å². The minimum atomic E-state index is -0.260. The summed E-state index contributed by atoms with van der Waals surface area (Å²) in [6.07, 6.45) is 19.0. The summed E-state index contributed by atoms with van der Waals surface area (Å²) in [5, 5.41) is 0. The molecular formula is C33H59F2KN4. The number of nitrogens with zero attached hydrogens (tertiary/aromatic N) is 2. The number of nitrogens with two attached hydrogens (primary N) is 1. The second kappa shape index (κ2) is 28.4. The van der Waals surface area contributed by atoms with E-state index in [1.165, 1.54) is 37.8 Å². The largest absolute Gasteiger partial charge is 1.00 e. The first-order valence-electron chi connectivity index (χ1n) is 14.4. The minimum absolute atomic E-state index is 0. The van der Waals surface area contributed by atoms with Gasteiger partial charge in [0.25, 0.3) is 0 Å². The molecule has 1 aromatic rings. The molecule has 226 valence electrons. The molecule has 0 radical (unpaired) electrons. The van der Waals surface area contributed by atoms with Crippen LogP contribution in [0.1, 0.15) is 111 Å². The molecule has 3 rings (SSSR count). The molecule has 3 N–H and O–H groups in total. The van der Waals surface area contributed by atoms with E-state index < -0.39 is 0 Å². The molecule has 2 aliphatic rings. The van der Waals surface area contributed by atoms with Crippen molar-refractivity contribution in [3.63, 3.8) is 0 Å². The number of hydrogen-bond acceptors (Lipinski definition) is 1. The van der Waals surface area contributed by atoms with Crippen molar-refractivity contribution in [2.24, 2.45) is 22.1 Å². The van der Waals surface area contributed by atoms with E-state index in [1.807, 2.05) is 33.0 Å². The van der Waals surface area contributed by atoms with Crippen LogP contribution in [0.15, 0.2) is 35.8 Å². The van der Waals surface area contributed by atoms with E-state index in [1.54, 1.807) is 0 Å². The van der Waals surface area contributed by atoms with E-state index in [-0.39, 0.29) is 68.7 Å². The fourth-order valence-corrected chi connectivity index (χ4v) is 3.87. The van der Waals surface area contributed by atoms with Gasteiger partial charge in [-0.25, -0.2) is 9.38 Å². The van der Waals surface area contributed by atoms with E-state index in [0.717, 1.165) is 49.3 Å². The van der Waals surface area contributed by atoms with E-state index in [9.17, 15) is 8.78 Å². The Hall–Kier alpha value is -0.754. The summed E-state index contributed by atoms with van der Waals surface area (Å²) >= 11 is 0. The first-order chi connectivity index (χ1) is 18.6. The van der Waals surface area contributed by atoms with Crippen LogP contribution in [0.3, 0.4) is 0 Å². The molecule has 0 bridgehead atoms. The van der Waals surface area contributed by atoms with Gasteiger partial charge in [-0.3, -0.25) is 4.39 Å². The van der Waals surface area contributed by atoms with Gasteiger partial charge in [-0.05, 0) is 61.1 Å². The first-order valence-corrected chi connectivity index (χ1v) is 14.4. The van der Waals surface area contributed by atoms with Gasteiger partial charge in [0.1, 0.15) is 5.82 Å². The maximum atomic E-state index is 13.0. The Kier molecular flexibility index (Phi) is 32.8. The molecule has 0 spiro atoms. The van der Waals surface area contributed by atoms with Gasteiger partial charge in [-0.2, -0.15) is 0 Å². The van der Waals surface area contributed by atoms with E-state index in [4.69, 9.17) is 11.5 Å². The molecule has 1 aromatic carbocycles.